The van der Waals surface area contributed by atoms with E-state index in [9.17, 15) is 4.79 Å². The lowest BCUT2D eigenvalue weighted by molar-refractivity contribution is -0.119. The van der Waals surface area contributed by atoms with E-state index >= 15 is 0 Å². The Morgan fingerprint density at radius 1 is 1.50 bits per heavy atom. The highest BCUT2D eigenvalue weighted by Gasteiger charge is 2.14. The largest absolute Gasteiger partial charge is 0.353 e. The van der Waals surface area contributed by atoms with Crippen LogP contribution in [0, 0.1) is 0 Å². The van der Waals surface area contributed by atoms with Crippen molar-refractivity contribution in [3.05, 3.63) is 29.8 Å². The summed E-state index contributed by atoms with van der Waals surface area (Å²) in [7, 11) is 0. The van der Waals surface area contributed by atoms with Crippen LogP contribution in [-0.2, 0) is 10.5 Å². The van der Waals surface area contributed by atoms with Gasteiger partial charge in [-0.2, -0.15) is 0 Å². The molecule has 0 radical (unpaired) electrons. The summed E-state index contributed by atoms with van der Waals surface area (Å²) in [6.45, 7) is 3.93. The molecule has 0 fully saturated rings. The molecule has 1 aliphatic rings. The minimum atomic E-state index is 0.0668. The molecule has 1 amide bonds. The molecule has 0 spiro atoms. The number of hydrogen-bond donors (Lipinski definition) is 1. The first-order valence-electron chi connectivity index (χ1n) is 5.86. The van der Waals surface area contributed by atoms with Gasteiger partial charge in [-0.05, 0) is 25.5 Å². The van der Waals surface area contributed by atoms with E-state index in [1.54, 1.807) is 11.8 Å². The molecule has 0 atom stereocenters. The minimum absolute atomic E-state index is 0.0668. The van der Waals surface area contributed by atoms with Gasteiger partial charge in [-0.15, -0.1) is 0 Å². The van der Waals surface area contributed by atoms with E-state index in [0.29, 0.717) is 5.75 Å². The van der Waals surface area contributed by atoms with Crippen LogP contribution in [0.2, 0.25) is 0 Å². The zero-order valence-electron chi connectivity index (χ0n) is 10.5. The van der Waals surface area contributed by atoms with Gasteiger partial charge in [-0.3, -0.25) is 4.79 Å². The Balaban J connectivity index is 1.92. The Morgan fingerprint density at radius 3 is 3.06 bits per heavy atom. The highest BCUT2D eigenvalue weighted by atomic mass is 32.2. The standard InChI is InChI=1S/C13H16N2OS2/c1-9(2)14-12(16)8-18-13-15-11-6-4-3-5-10(11)7-17-13/h3-6,9H,7-8H2,1-2H3,(H,14,16). The molecule has 0 unspecified atom stereocenters. The van der Waals surface area contributed by atoms with Crippen molar-refractivity contribution in [2.24, 2.45) is 4.99 Å². The minimum Gasteiger partial charge on any atom is -0.353 e. The van der Waals surface area contributed by atoms with Gasteiger partial charge < -0.3 is 5.32 Å². The zero-order chi connectivity index (χ0) is 13.0. The van der Waals surface area contributed by atoms with Crippen LogP contribution in [0.1, 0.15) is 19.4 Å². The zero-order valence-corrected chi connectivity index (χ0v) is 12.1. The number of hydrogen-bond acceptors (Lipinski definition) is 4. The van der Waals surface area contributed by atoms with E-state index in [0.717, 1.165) is 15.8 Å². The summed E-state index contributed by atoms with van der Waals surface area (Å²) in [5.74, 6) is 1.44. The van der Waals surface area contributed by atoms with E-state index in [-0.39, 0.29) is 11.9 Å². The Hall–Kier alpha value is -0.940. The average Bonchev–Trinajstić information content (AvgIpc) is 2.35. The van der Waals surface area contributed by atoms with Crippen molar-refractivity contribution < 1.29 is 4.79 Å². The smallest absolute Gasteiger partial charge is 0.230 e. The Bertz CT molecular complexity index is 472. The predicted molar refractivity (Wildman–Crippen MR) is 80.6 cm³/mol. The van der Waals surface area contributed by atoms with Gasteiger partial charge >= 0.3 is 0 Å². The maximum absolute atomic E-state index is 11.5. The first-order valence-corrected chi connectivity index (χ1v) is 7.84. The van der Waals surface area contributed by atoms with E-state index in [2.05, 4.69) is 16.4 Å². The number of amides is 1. The molecule has 5 heteroatoms. The SMILES string of the molecule is CC(C)NC(=O)CSC1=Nc2ccccc2CS1. The molecule has 1 aromatic rings. The third kappa shape index (κ3) is 3.78. The lowest BCUT2D eigenvalue weighted by Gasteiger charge is -2.14. The number of carbonyl (C=O) groups excluding carboxylic acids is 1. The van der Waals surface area contributed by atoms with Crippen molar-refractivity contribution in [2.45, 2.75) is 25.6 Å². The topological polar surface area (TPSA) is 41.5 Å². The van der Waals surface area contributed by atoms with Crippen molar-refractivity contribution in [1.82, 2.24) is 5.32 Å². The van der Waals surface area contributed by atoms with Crippen LogP contribution in [0.5, 0.6) is 0 Å². The number of aliphatic imine (C=N–C) groups is 1. The van der Waals surface area contributed by atoms with Crippen molar-refractivity contribution in [3.63, 3.8) is 0 Å². The highest BCUT2D eigenvalue weighted by Crippen LogP contribution is 2.34. The lowest BCUT2D eigenvalue weighted by atomic mass is 10.2. The van der Waals surface area contributed by atoms with Gasteiger partial charge in [0, 0.05) is 11.8 Å². The van der Waals surface area contributed by atoms with Crippen LogP contribution in [-0.4, -0.2) is 22.1 Å². The second kappa shape index (κ2) is 6.29. The number of thioether (sulfide) groups is 2. The van der Waals surface area contributed by atoms with E-state index in [4.69, 9.17) is 0 Å². The number of para-hydroxylation sites is 1. The summed E-state index contributed by atoms with van der Waals surface area (Å²) in [5.41, 5.74) is 2.29. The van der Waals surface area contributed by atoms with Crippen LogP contribution >= 0.6 is 23.5 Å². The molecule has 0 saturated carbocycles. The number of carbonyl (C=O) groups is 1. The third-order valence-electron chi connectivity index (χ3n) is 2.33. The Kier molecular flexibility index (Phi) is 4.72. The van der Waals surface area contributed by atoms with Crippen molar-refractivity contribution in [2.75, 3.05) is 5.75 Å². The molecule has 2 rings (SSSR count). The van der Waals surface area contributed by atoms with Crippen molar-refractivity contribution in [3.8, 4) is 0 Å². The molecule has 3 nitrogen and oxygen atoms in total. The number of fused-ring (bicyclic) bond motifs is 1. The van der Waals surface area contributed by atoms with Crippen molar-refractivity contribution in [1.29, 1.82) is 0 Å². The first-order chi connectivity index (χ1) is 8.65. The maximum Gasteiger partial charge on any atom is 0.230 e. The van der Waals surface area contributed by atoms with Gasteiger partial charge in [0.25, 0.3) is 0 Å². The summed E-state index contributed by atoms with van der Waals surface area (Å²) in [6.07, 6.45) is 0. The molecule has 1 aromatic carbocycles. The number of nitrogens with one attached hydrogen (secondary N) is 1. The molecule has 0 aliphatic carbocycles. The highest BCUT2D eigenvalue weighted by molar-refractivity contribution is 8.38. The van der Waals surface area contributed by atoms with Crippen LogP contribution < -0.4 is 5.32 Å². The van der Waals surface area contributed by atoms with E-state index in [1.165, 1.54) is 17.3 Å². The number of benzene rings is 1. The molecule has 0 aromatic heterocycles. The summed E-state index contributed by atoms with van der Waals surface area (Å²) >= 11 is 3.21. The monoisotopic (exact) mass is 280 g/mol. The quantitative estimate of drug-likeness (QED) is 0.924. The molecule has 96 valence electrons. The predicted octanol–water partition coefficient (Wildman–Crippen LogP) is 3.18. The second-order valence-corrected chi connectivity index (χ2v) is 6.49. The summed E-state index contributed by atoms with van der Waals surface area (Å²) in [6, 6.07) is 8.33. The van der Waals surface area contributed by atoms with Gasteiger partial charge in [0.2, 0.25) is 5.91 Å². The van der Waals surface area contributed by atoms with Crippen LogP contribution in [0.4, 0.5) is 5.69 Å². The first kappa shape index (κ1) is 13.5. The van der Waals surface area contributed by atoms with Gasteiger partial charge in [0.05, 0.1) is 11.4 Å². The van der Waals surface area contributed by atoms with Gasteiger partial charge in [-0.25, -0.2) is 4.99 Å². The van der Waals surface area contributed by atoms with Gasteiger partial charge in [-0.1, -0.05) is 41.7 Å². The average molecular weight is 280 g/mol. The maximum atomic E-state index is 11.5. The summed E-state index contributed by atoms with van der Waals surface area (Å²) in [4.78, 5) is 16.1. The lowest BCUT2D eigenvalue weighted by Crippen LogP contribution is -2.31. The molecular weight excluding hydrogens is 264 g/mol. The summed E-state index contributed by atoms with van der Waals surface area (Å²) < 4.78 is 0.979. The fraction of sp³-hybridized carbons (Fsp3) is 0.385. The van der Waals surface area contributed by atoms with Crippen LogP contribution in [0.25, 0.3) is 0 Å². The second-order valence-electron chi connectivity index (χ2n) is 4.31. The Labute approximate surface area is 116 Å². The van der Waals surface area contributed by atoms with Crippen LogP contribution in [0.3, 0.4) is 0 Å². The third-order valence-corrected chi connectivity index (χ3v) is 4.58. The molecule has 18 heavy (non-hydrogen) atoms. The van der Waals surface area contributed by atoms with Gasteiger partial charge in [0.15, 0.2) is 0 Å². The van der Waals surface area contributed by atoms with Crippen LogP contribution in [0.15, 0.2) is 29.3 Å². The molecular formula is C13H16N2OS2. The fourth-order valence-corrected chi connectivity index (χ4v) is 3.45. The normalized spacial score (nSPS) is 14.1. The molecule has 0 saturated heterocycles. The van der Waals surface area contributed by atoms with E-state index in [1.807, 2.05) is 32.0 Å². The molecule has 1 aliphatic heterocycles. The van der Waals surface area contributed by atoms with Crippen molar-refractivity contribution >= 4 is 39.5 Å². The summed E-state index contributed by atoms with van der Waals surface area (Å²) in [5, 5.41) is 2.88. The number of nitrogens with zero attached hydrogens (tertiary/aromatic N) is 1. The van der Waals surface area contributed by atoms with E-state index < -0.39 is 0 Å². The molecule has 0 bridgehead atoms. The molecule has 1 heterocycles. The molecule has 1 N–H and O–H groups in total. The number of rotatable bonds is 3. The fourth-order valence-electron chi connectivity index (χ4n) is 1.58. The Morgan fingerprint density at radius 2 is 2.28 bits per heavy atom. The van der Waals surface area contributed by atoms with Gasteiger partial charge in [0.1, 0.15) is 4.38 Å².